The van der Waals surface area contributed by atoms with E-state index in [0.29, 0.717) is 9.99 Å². The molecule has 106 valence electrons. The molecule has 0 bridgehead atoms. The van der Waals surface area contributed by atoms with E-state index in [1.165, 1.54) is 12.1 Å². The zero-order valence-electron chi connectivity index (χ0n) is 10.6. The number of ether oxygens (including phenoxy) is 1. The molecular formula is C14H9BrFN3O2. The largest absolute Gasteiger partial charge is 0.457 e. The van der Waals surface area contributed by atoms with Gasteiger partial charge in [0.05, 0.1) is 5.56 Å². The average Bonchev–Trinajstić information content (AvgIpc) is 2.91. The first-order valence-electron chi connectivity index (χ1n) is 6.04. The molecule has 0 spiro atoms. The van der Waals surface area contributed by atoms with E-state index in [1.807, 2.05) is 0 Å². The van der Waals surface area contributed by atoms with Crippen LogP contribution in [-0.2, 0) is 11.3 Å². The van der Waals surface area contributed by atoms with Gasteiger partial charge in [0.1, 0.15) is 23.5 Å². The van der Waals surface area contributed by atoms with Crippen LogP contribution in [-0.4, -0.2) is 21.4 Å². The predicted molar refractivity (Wildman–Crippen MR) is 77.1 cm³/mol. The zero-order chi connectivity index (χ0) is 14.8. The topological polar surface area (TPSA) is 67.9 Å². The van der Waals surface area contributed by atoms with Crippen molar-refractivity contribution in [3.63, 3.8) is 0 Å². The molecule has 0 radical (unpaired) electrons. The first-order chi connectivity index (χ1) is 10.1. The molecule has 0 saturated carbocycles. The fourth-order valence-corrected chi connectivity index (χ4v) is 2.34. The van der Waals surface area contributed by atoms with Gasteiger partial charge in [-0.3, -0.25) is 0 Å². The minimum absolute atomic E-state index is 0.0791. The van der Waals surface area contributed by atoms with Crippen molar-refractivity contribution in [1.29, 1.82) is 0 Å². The second-order valence-corrected chi connectivity index (χ2v) is 5.30. The van der Waals surface area contributed by atoms with Crippen LogP contribution < -0.4 is 0 Å². The molecule has 0 aliphatic rings. The Morgan fingerprint density at radius 2 is 2.00 bits per heavy atom. The molecule has 5 nitrogen and oxygen atoms in total. The highest BCUT2D eigenvalue weighted by molar-refractivity contribution is 9.10. The van der Waals surface area contributed by atoms with Gasteiger partial charge in [-0.2, -0.15) is 15.4 Å². The molecule has 0 fully saturated rings. The quantitative estimate of drug-likeness (QED) is 0.737. The lowest BCUT2D eigenvalue weighted by Gasteiger charge is -2.05. The molecule has 0 amide bonds. The molecule has 1 aromatic heterocycles. The van der Waals surface area contributed by atoms with Crippen LogP contribution in [0.25, 0.3) is 11.0 Å². The Bertz CT molecular complexity index is 799. The first-order valence-corrected chi connectivity index (χ1v) is 6.84. The first kappa shape index (κ1) is 13.7. The van der Waals surface area contributed by atoms with Crippen molar-refractivity contribution in [1.82, 2.24) is 15.4 Å². The van der Waals surface area contributed by atoms with Crippen LogP contribution in [0, 0.1) is 5.82 Å². The molecule has 7 heteroatoms. The number of carbonyl (C=O) groups is 1. The van der Waals surface area contributed by atoms with Gasteiger partial charge in [-0.05, 0) is 35.9 Å². The van der Waals surface area contributed by atoms with Crippen LogP contribution in [0.3, 0.4) is 0 Å². The maximum Gasteiger partial charge on any atom is 0.338 e. The molecule has 0 saturated heterocycles. The summed E-state index contributed by atoms with van der Waals surface area (Å²) in [4.78, 5) is 11.9. The minimum Gasteiger partial charge on any atom is -0.457 e. The van der Waals surface area contributed by atoms with Crippen LogP contribution in [0.5, 0.6) is 0 Å². The maximum absolute atomic E-state index is 13.2. The summed E-state index contributed by atoms with van der Waals surface area (Å²) < 4.78 is 18.9. The summed E-state index contributed by atoms with van der Waals surface area (Å²) in [6, 6.07) is 9.25. The third-order valence-electron chi connectivity index (χ3n) is 2.85. The van der Waals surface area contributed by atoms with Gasteiger partial charge >= 0.3 is 5.97 Å². The predicted octanol–water partition coefficient (Wildman–Crippen LogP) is 3.22. The van der Waals surface area contributed by atoms with Crippen molar-refractivity contribution >= 4 is 32.9 Å². The maximum atomic E-state index is 13.2. The highest BCUT2D eigenvalue weighted by atomic mass is 79.9. The SMILES string of the molecule is O=C(OCc1ccc2n[nH]nc2c1)c1cc(F)cc(Br)c1. The van der Waals surface area contributed by atoms with Crippen LogP contribution in [0.2, 0.25) is 0 Å². The van der Waals surface area contributed by atoms with Crippen molar-refractivity contribution in [2.45, 2.75) is 6.61 Å². The number of carbonyl (C=O) groups excluding carboxylic acids is 1. The van der Waals surface area contributed by atoms with Gasteiger partial charge in [-0.15, -0.1) is 0 Å². The average molecular weight is 350 g/mol. The fraction of sp³-hybridized carbons (Fsp3) is 0.0714. The third-order valence-corrected chi connectivity index (χ3v) is 3.31. The lowest BCUT2D eigenvalue weighted by atomic mass is 10.2. The van der Waals surface area contributed by atoms with Crippen molar-refractivity contribution in [3.8, 4) is 0 Å². The Labute approximate surface area is 127 Å². The number of benzene rings is 2. The number of H-pyrrole nitrogens is 1. The van der Waals surface area contributed by atoms with Gasteiger partial charge in [-0.25, -0.2) is 9.18 Å². The summed E-state index contributed by atoms with van der Waals surface area (Å²) in [5.41, 5.74) is 2.36. The van der Waals surface area contributed by atoms with Gasteiger partial charge in [0.2, 0.25) is 0 Å². The number of fused-ring (bicyclic) bond motifs is 1. The number of aromatic nitrogens is 3. The molecule has 3 aromatic rings. The number of nitrogens with zero attached hydrogens (tertiary/aromatic N) is 2. The number of nitrogens with one attached hydrogen (secondary N) is 1. The summed E-state index contributed by atoms with van der Waals surface area (Å²) in [5.74, 6) is -1.09. The number of hydrogen-bond acceptors (Lipinski definition) is 4. The summed E-state index contributed by atoms with van der Waals surface area (Å²) in [7, 11) is 0. The normalized spacial score (nSPS) is 10.8. The molecule has 21 heavy (non-hydrogen) atoms. The van der Waals surface area contributed by atoms with Crippen LogP contribution in [0.15, 0.2) is 40.9 Å². The standard InChI is InChI=1S/C14H9BrFN3O2/c15-10-4-9(5-11(16)6-10)14(20)21-7-8-1-2-12-13(3-8)18-19-17-12/h1-6H,7H2,(H,17,18,19). The Morgan fingerprint density at radius 3 is 2.81 bits per heavy atom. The molecule has 1 N–H and O–H groups in total. The van der Waals surface area contributed by atoms with Gasteiger partial charge in [0.15, 0.2) is 0 Å². The van der Waals surface area contributed by atoms with Crippen molar-refractivity contribution < 1.29 is 13.9 Å². The Balaban J connectivity index is 1.72. The summed E-state index contributed by atoms with van der Waals surface area (Å²) in [6.07, 6.45) is 0. The Morgan fingerprint density at radius 1 is 1.19 bits per heavy atom. The lowest BCUT2D eigenvalue weighted by Crippen LogP contribution is -2.05. The number of esters is 1. The van der Waals surface area contributed by atoms with Crippen LogP contribution in [0.1, 0.15) is 15.9 Å². The second-order valence-electron chi connectivity index (χ2n) is 4.38. The molecule has 0 aliphatic heterocycles. The van der Waals surface area contributed by atoms with Gasteiger partial charge in [-0.1, -0.05) is 22.0 Å². The number of halogens is 2. The third kappa shape index (κ3) is 3.08. The molecular weight excluding hydrogens is 341 g/mol. The van der Waals surface area contributed by atoms with Crippen molar-refractivity contribution in [2.75, 3.05) is 0 Å². The number of aromatic amines is 1. The van der Waals surface area contributed by atoms with E-state index in [0.717, 1.165) is 17.1 Å². The number of rotatable bonds is 3. The monoisotopic (exact) mass is 349 g/mol. The van der Waals surface area contributed by atoms with Crippen molar-refractivity contribution in [2.24, 2.45) is 0 Å². The minimum atomic E-state index is -0.588. The van der Waals surface area contributed by atoms with Gasteiger partial charge < -0.3 is 4.74 Å². The molecule has 2 aromatic carbocycles. The highest BCUT2D eigenvalue weighted by Crippen LogP contribution is 2.17. The van der Waals surface area contributed by atoms with Gasteiger partial charge in [0.25, 0.3) is 0 Å². The summed E-state index contributed by atoms with van der Waals surface area (Å²) in [6.45, 7) is 0.0791. The molecule has 1 heterocycles. The van der Waals surface area contributed by atoms with E-state index >= 15 is 0 Å². The van der Waals surface area contributed by atoms with E-state index < -0.39 is 11.8 Å². The van der Waals surface area contributed by atoms with Gasteiger partial charge in [0, 0.05) is 4.47 Å². The molecule has 3 rings (SSSR count). The van der Waals surface area contributed by atoms with Crippen LogP contribution >= 0.6 is 15.9 Å². The molecule has 0 atom stereocenters. The van der Waals surface area contributed by atoms with E-state index in [2.05, 4.69) is 31.3 Å². The summed E-state index contributed by atoms with van der Waals surface area (Å²) in [5, 5.41) is 10.4. The smallest absolute Gasteiger partial charge is 0.338 e. The fourth-order valence-electron chi connectivity index (χ4n) is 1.88. The zero-order valence-corrected chi connectivity index (χ0v) is 12.2. The number of hydrogen-bond donors (Lipinski definition) is 1. The van der Waals surface area contributed by atoms with Crippen molar-refractivity contribution in [3.05, 3.63) is 57.8 Å². The van der Waals surface area contributed by atoms with E-state index in [-0.39, 0.29) is 12.2 Å². The van der Waals surface area contributed by atoms with E-state index in [1.54, 1.807) is 18.2 Å². The van der Waals surface area contributed by atoms with Crippen LogP contribution in [0.4, 0.5) is 4.39 Å². The molecule has 0 aliphatic carbocycles. The van der Waals surface area contributed by atoms with E-state index in [4.69, 9.17) is 4.74 Å². The second kappa shape index (κ2) is 5.61. The Kier molecular flexibility index (Phi) is 3.66. The molecule has 0 unspecified atom stereocenters. The lowest BCUT2D eigenvalue weighted by molar-refractivity contribution is 0.0472. The van der Waals surface area contributed by atoms with E-state index in [9.17, 15) is 9.18 Å². The summed E-state index contributed by atoms with van der Waals surface area (Å²) >= 11 is 3.13. The highest BCUT2D eigenvalue weighted by Gasteiger charge is 2.10. The Hall–Kier alpha value is -2.28.